The summed E-state index contributed by atoms with van der Waals surface area (Å²) in [6, 6.07) is 19.2. The van der Waals surface area contributed by atoms with E-state index in [1.807, 2.05) is 12.1 Å². The van der Waals surface area contributed by atoms with Gasteiger partial charge in [0.1, 0.15) is 11.4 Å². The number of hydrogen-bond donors (Lipinski definition) is 1. The fourth-order valence-corrected chi connectivity index (χ4v) is 5.00. The number of aryl methyl sites for hydroxylation is 1. The molecule has 1 heterocycles. The highest BCUT2D eigenvalue weighted by Crippen LogP contribution is 2.38. The number of benzene rings is 3. The van der Waals surface area contributed by atoms with Gasteiger partial charge in [0.25, 0.3) is 5.91 Å². The van der Waals surface area contributed by atoms with Crippen molar-refractivity contribution in [2.75, 3.05) is 6.54 Å². The van der Waals surface area contributed by atoms with Gasteiger partial charge in [-0.2, -0.15) is 0 Å². The van der Waals surface area contributed by atoms with Crippen LogP contribution in [-0.4, -0.2) is 34.0 Å². The van der Waals surface area contributed by atoms with Crippen molar-refractivity contribution in [3.63, 3.8) is 0 Å². The SMILES string of the molecule is CCc1ccc(CC2(C)Cc3cc(C(=O)N(CCC(=O)O)Cc4cccc(Cl)c4Cl)ccc3O2)cc1. The summed E-state index contributed by atoms with van der Waals surface area (Å²) in [6.45, 7) is 4.43. The third-order valence-corrected chi connectivity index (χ3v) is 7.37. The van der Waals surface area contributed by atoms with Crippen LogP contribution in [0.1, 0.15) is 52.9 Å². The maximum absolute atomic E-state index is 13.5. The highest BCUT2D eigenvalue weighted by molar-refractivity contribution is 6.42. The predicted octanol–water partition coefficient (Wildman–Crippen LogP) is 6.61. The Morgan fingerprint density at radius 3 is 2.47 bits per heavy atom. The van der Waals surface area contributed by atoms with Crippen molar-refractivity contribution in [1.82, 2.24) is 4.90 Å². The summed E-state index contributed by atoms with van der Waals surface area (Å²) in [5, 5.41) is 9.96. The number of carbonyl (C=O) groups is 2. The maximum atomic E-state index is 13.5. The zero-order valence-corrected chi connectivity index (χ0v) is 21.9. The van der Waals surface area contributed by atoms with E-state index < -0.39 is 11.6 Å². The average molecular weight is 526 g/mol. The number of carboxylic acids is 1. The lowest BCUT2D eigenvalue weighted by atomic mass is 9.91. The van der Waals surface area contributed by atoms with Crippen LogP contribution in [0.25, 0.3) is 0 Å². The number of carboxylic acid groups (broad SMARTS) is 1. The number of hydrogen-bond acceptors (Lipinski definition) is 3. The van der Waals surface area contributed by atoms with E-state index in [9.17, 15) is 14.7 Å². The van der Waals surface area contributed by atoms with E-state index in [4.69, 9.17) is 27.9 Å². The van der Waals surface area contributed by atoms with Crippen LogP contribution in [0.15, 0.2) is 60.7 Å². The van der Waals surface area contributed by atoms with Gasteiger partial charge in [-0.15, -0.1) is 0 Å². The summed E-state index contributed by atoms with van der Waals surface area (Å²) >= 11 is 12.5. The molecule has 3 aromatic carbocycles. The second-order valence-electron chi connectivity index (χ2n) is 9.48. The van der Waals surface area contributed by atoms with Gasteiger partial charge in [0.15, 0.2) is 0 Å². The molecule has 7 heteroatoms. The van der Waals surface area contributed by atoms with Gasteiger partial charge in [-0.3, -0.25) is 9.59 Å². The summed E-state index contributed by atoms with van der Waals surface area (Å²) in [4.78, 5) is 26.2. The first-order valence-electron chi connectivity index (χ1n) is 12.0. The first-order valence-corrected chi connectivity index (χ1v) is 12.8. The zero-order chi connectivity index (χ0) is 25.9. The highest BCUT2D eigenvalue weighted by atomic mass is 35.5. The van der Waals surface area contributed by atoms with E-state index in [0.717, 1.165) is 24.2 Å². The van der Waals surface area contributed by atoms with E-state index in [1.165, 1.54) is 16.0 Å². The van der Waals surface area contributed by atoms with E-state index in [0.29, 0.717) is 27.6 Å². The molecule has 0 radical (unpaired) electrons. The summed E-state index contributed by atoms with van der Waals surface area (Å²) in [6.07, 6.45) is 2.26. The van der Waals surface area contributed by atoms with E-state index >= 15 is 0 Å². The number of ether oxygens (including phenoxy) is 1. The minimum Gasteiger partial charge on any atom is -0.487 e. The van der Waals surface area contributed by atoms with E-state index in [1.54, 1.807) is 24.3 Å². The second-order valence-corrected chi connectivity index (χ2v) is 10.3. The van der Waals surface area contributed by atoms with Gasteiger partial charge < -0.3 is 14.7 Å². The molecule has 0 bridgehead atoms. The summed E-state index contributed by atoms with van der Waals surface area (Å²) < 4.78 is 6.32. The normalized spacial score (nSPS) is 16.3. The van der Waals surface area contributed by atoms with Crippen molar-refractivity contribution in [1.29, 1.82) is 0 Å². The van der Waals surface area contributed by atoms with Gasteiger partial charge in [0, 0.05) is 31.5 Å². The van der Waals surface area contributed by atoms with Gasteiger partial charge in [0.2, 0.25) is 0 Å². The van der Waals surface area contributed by atoms with Crippen LogP contribution in [0.4, 0.5) is 0 Å². The van der Waals surface area contributed by atoms with Gasteiger partial charge in [-0.05, 0) is 59.9 Å². The Labute approximate surface area is 221 Å². The summed E-state index contributed by atoms with van der Waals surface area (Å²) in [5.74, 6) is -0.469. The zero-order valence-electron chi connectivity index (χ0n) is 20.4. The molecule has 1 aliphatic heterocycles. The Hall–Kier alpha value is -3.02. The van der Waals surface area contributed by atoms with Crippen molar-refractivity contribution in [2.45, 2.75) is 51.7 Å². The molecule has 0 aromatic heterocycles. The van der Waals surface area contributed by atoms with Gasteiger partial charge in [-0.25, -0.2) is 0 Å². The fraction of sp³-hybridized carbons (Fsp3) is 0.310. The standard InChI is InChI=1S/C29H29Cl2NO4/c1-3-19-7-9-20(10-8-19)16-29(2)17-23-15-21(11-12-25(23)36-29)28(35)32(14-13-26(33)34)18-22-5-4-6-24(30)27(22)31/h4-12,15H,3,13-14,16-18H2,1-2H3,(H,33,34). The molecule has 1 aliphatic rings. The Kier molecular flexibility index (Phi) is 7.91. The molecular formula is C29H29Cl2NO4. The highest BCUT2D eigenvalue weighted by Gasteiger charge is 2.35. The Morgan fingerprint density at radius 2 is 1.78 bits per heavy atom. The fourth-order valence-electron chi connectivity index (χ4n) is 4.62. The minimum absolute atomic E-state index is 0.0517. The number of aliphatic carboxylic acids is 1. The van der Waals surface area contributed by atoms with Crippen LogP contribution in [0, 0.1) is 0 Å². The van der Waals surface area contributed by atoms with Gasteiger partial charge >= 0.3 is 5.97 Å². The minimum atomic E-state index is -0.977. The molecule has 0 saturated carbocycles. The molecule has 1 amide bonds. The van der Waals surface area contributed by atoms with Crippen molar-refractivity contribution < 1.29 is 19.4 Å². The van der Waals surface area contributed by atoms with Crippen LogP contribution in [0.2, 0.25) is 10.0 Å². The van der Waals surface area contributed by atoms with Crippen LogP contribution < -0.4 is 4.74 Å². The monoisotopic (exact) mass is 525 g/mol. The van der Waals surface area contributed by atoms with Crippen molar-refractivity contribution >= 4 is 35.1 Å². The smallest absolute Gasteiger partial charge is 0.305 e. The number of amides is 1. The van der Waals surface area contributed by atoms with Crippen molar-refractivity contribution in [3.05, 3.63) is 98.5 Å². The Balaban J connectivity index is 1.53. The molecule has 1 N–H and O–H groups in total. The molecule has 1 atom stereocenters. The Bertz CT molecular complexity index is 1270. The maximum Gasteiger partial charge on any atom is 0.305 e. The van der Waals surface area contributed by atoms with Gasteiger partial charge in [-0.1, -0.05) is 66.5 Å². The number of halogens is 2. The number of fused-ring (bicyclic) bond motifs is 1. The molecule has 188 valence electrons. The van der Waals surface area contributed by atoms with E-state index in [-0.39, 0.29) is 25.4 Å². The van der Waals surface area contributed by atoms with Crippen LogP contribution >= 0.6 is 23.2 Å². The third-order valence-electron chi connectivity index (χ3n) is 6.51. The molecule has 0 fully saturated rings. The molecule has 0 aliphatic carbocycles. The van der Waals surface area contributed by atoms with Crippen molar-refractivity contribution in [3.8, 4) is 5.75 Å². The summed E-state index contributed by atoms with van der Waals surface area (Å²) in [5.41, 5.74) is 4.21. The molecule has 0 spiro atoms. The Morgan fingerprint density at radius 1 is 1.06 bits per heavy atom. The summed E-state index contributed by atoms with van der Waals surface area (Å²) in [7, 11) is 0. The largest absolute Gasteiger partial charge is 0.487 e. The molecular weight excluding hydrogens is 497 g/mol. The lowest BCUT2D eigenvalue weighted by molar-refractivity contribution is -0.137. The third kappa shape index (κ3) is 6.03. The number of nitrogens with zero attached hydrogens (tertiary/aromatic N) is 1. The molecule has 5 nitrogen and oxygen atoms in total. The van der Waals surface area contributed by atoms with E-state index in [2.05, 4.69) is 38.1 Å². The lowest BCUT2D eigenvalue weighted by Gasteiger charge is -2.24. The molecule has 0 saturated heterocycles. The number of carbonyl (C=O) groups excluding carboxylic acids is 1. The second kappa shape index (κ2) is 10.9. The first-order chi connectivity index (χ1) is 17.2. The molecule has 4 rings (SSSR count). The number of rotatable bonds is 9. The lowest BCUT2D eigenvalue weighted by Crippen LogP contribution is -2.33. The van der Waals surface area contributed by atoms with Crippen molar-refractivity contribution in [2.24, 2.45) is 0 Å². The van der Waals surface area contributed by atoms with Crippen LogP contribution in [-0.2, 0) is 30.6 Å². The molecule has 1 unspecified atom stereocenters. The first kappa shape index (κ1) is 26.1. The molecule has 3 aromatic rings. The van der Waals surface area contributed by atoms with Crippen LogP contribution in [0.3, 0.4) is 0 Å². The molecule has 36 heavy (non-hydrogen) atoms. The van der Waals surface area contributed by atoms with Gasteiger partial charge in [0.05, 0.1) is 16.5 Å². The quantitative estimate of drug-likeness (QED) is 0.341. The average Bonchev–Trinajstić information content (AvgIpc) is 3.19. The predicted molar refractivity (Wildman–Crippen MR) is 142 cm³/mol. The van der Waals surface area contributed by atoms with Crippen LogP contribution in [0.5, 0.6) is 5.75 Å². The topological polar surface area (TPSA) is 66.8 Å².